The van der Waals surface area contributed by atoms with Crippen molar-refractivity contribution in [2.45, 2.75) is 91.6 Å². The largest absolute Gasteiger partial charge is 0.444 e. The van der Waals surface area contributed by atoms with Crippen LogP contribution in [0.3, 0.4) is 0 Å². The van der Waals surface area contributed by atoms with Gasteiger partial charge in [-0.25, -0.2) is 4.79 Å². The summed E-state index contributed by atoms with van der Waals surface area (Å²) in [6.07, 6.45) is 0.0339. The third kappa shape index (κ3) is 8.15. The fourth-order valence-corrected chi connectivity index (χ4v) is 3.23. The molecule has 0 aliphatic rings. The molecule has 0 saturated carbocycles. The molecule has 0 bridgehead atoms. The molecule has 1 aromatic rings. The SMILES string of the molecule is CCc1ccc(C(C(=O)NC(C)C)N(C(=O)C(CO)NC(=O)OC(C)(C)C)C(C)C)cc1. The van der Waals surface area contributed by atoms with Crippen molar-refractivity contribution in [1.82, 2.24) is 15.5 Å². The van der Waals surface area contributed by atoms with Crippen molar-refractivity contribution in [2.75, 3.05) is 6.61 Å². The number of ether oxygens (including phenoxy) is 1. The topological polar surface area (TPSA) is 108 Å². The molecule has 0 fully saturated rings. The lowest BCUT2D eigenvalue weighted by Crippen LogP contribution is -2.56. The third-order valence-electron chi connectivity index (χ3n) is 4.64. The van der Waals surface area contributed by atoms with Gasteiger partial charge in [-0.2, -0.15) is 0 Å². The van der Waals surface area contributed by atoms with Crippen LogP contribution in [0.15, 0.2) is 24.3 Å². The number of hydrogen-bond donors (Lipinski definition) is 3. The zero-order chi connectivity index (χ0) is 24.6. The van der Waals surface area contributed by atoms with Crippen LogP contribution in [-0.4, -0.2) is 58.2 Å². The van der Waals surface area contributed by atoms with Crippen LogP contribution in [0.5, 0.6) is 0 Å². The molecular weight excluding hydrogens is 410 g/mol. The summed E-state index contributed by atoms with van der Waals surface area (Å²) in [6, 6.07) is 4.83. The Morgan fingerprint density at radius 1 is 1.03 bits per heavy atom. The summed E-state index contributed by atoms with van der Waals surface area (Å²) in [6.45, 7) is 13.8. The Hall–Kier alpha value is -2.61. The number of amides is 3. The van der Waals surface area contributed by atoms with Crippen molar-refractivity contribution < 1.29 is 24.2 Å². The summed E-state index contributed by atoms with van der Waals surface area (Å²) in [4.78, 5) is 40.3. The minimum absolute atomic E-state index is 0.127. The third-order valence-corrected chi connectivity index (χ3v) is 4.64. The van der Waals surface area contributed by atoms with E-state index >= 15 is 0 Å². The van der Waals surface area contributed by atoms with E-state index in [9.17, 15) is 19.5 Å². The van der Waals surface area contributed by atoms with Gasteiger partial charge in [0.2, 0.25) is 11.8 Å². The van der Waals surface area contributed by atoms with E-state index in [0.29, 0.717) is 5.56 Å². The van der Waals surface area contributed by atoms with E-state index in [0.717, 1.165) is 12.0 Å². The number of hydrogen-bond acceptors (Lipinski definition) is 5. The van der Waals surface area contributed by atoms with Gasteiger partial charge in [-0.1, -0.05) is 31.2 Å². The maximum absolute atomic E-state index is 13.5. The van der Waals surface area contributed by atoms with Gasteiger partial charge in [0.05, 0.1) is 6.61 Å². The van der Waals surface area contributed by atoms with Crippen LogP contribution < -0.4 is 10.6 Å². The van der Waals surface area contributed by atoms with Gasteiger partial charge in [0.1, 0.15) is 17.7 Å². The zero-order valence-corrected chi connectivity index (χ0v) is 20.6. The summed E-state index contributed by atoms with van der Waals surface area (Å²) in [7, 11) is 0. The average molecular weight is 450 g/mol. The Kier molecular flexibility index (Phi) is 10.2. The number of nitrogens with one attached hydrogen (secondary N) is 2. The monoisotopic (exact) mass is 449 g/mol. The Labute approximate surface area is 191 Å². The standard InChI is InChI=1S/C24H39N3O5/c1-9-17-10-12-18(13-11-17)20(21(29)25-15(2)3)27(16(4)5)22(30)19(14-28)26-23(31)32-24(6,7)8/h10-13,15-16,19-20,28H,9,14H2,1-8H3,(H,25,29)(H,26,31). The molecule has 3 amide bonds. The average Bonchev–Trinajstić information content (AvgIpc) is 2.67. The number of carbonyl (C=O) groups is 3. The van der Waals surface area contributed by atoms with E-state index < -0.39 is 36.3 Å². The number of aliphatic hydroxyl groups is 1. The Morgan fingerprint density at radius 2 is 1.59 bits per heavy atom. The molecule has 0 aromatic heterocycles. The molecule has 2 unspecified atom stereocenters. The van der Waals surface area contributed by atoms with Crippen LogP contribution in [0.1, 0.15) is 72.6 Å². The van der Waals surface area contributed by atoms with Crippen LogP contribution in [0.25, 0.3) is 0 Å². The van der Waals surface area contributed by atoms with Crippen molar-refractivity contribution in [3.05, 3.63) is 35.4 Å². The number of nitrogens with zero attached hydrogens (tertiary/aromatic N) is 1. The first kappa shape index (κ1) is 27.4. The van der Waals surface area contributed by atoms with Gasteiger partial charge in [0.25, 0.3) is 0 Å². The fraction of sp³-hybridized carbons (Fsp3) is 0.625. The molecule has 0 heterocycles. The van der Waals surface area contributed by atoms with Crippen LogP contribution in [0.2, 0.25) is 0 Å². The summed E-state index contributed by atoms with van der Waals surface area (Å²) in [5, 5.41) is 15.2. The molecule has 3 N–H and O–H groups in total. The highest BCUT2D eigenvalue weighted by Gasteiger charge is 2.37. The fourth-order valence-electron chi connectivity index (χ4n) is 3.23. The number of rotatable bonds is 9. The molecule has 0 radical (unpaired) electrons. The molecule has 0 aliphatic carbocycles. The molecule has 0 aliphatic heterocycles. The smallest absolute Gasteiger partial charge is 0.408 e. The van der Waals surface area contributed by atoms with Crippen molar-refractivity contribution in [1.29, 1.82) is 0 Å². The number of benzene rings is 1. The molecular formula is C24H39N3O5. The molecule has 2 atom stereocenters. The quantitative estimate of drug-likeness (QED) is 0.537. The highest BCUT2D eigenvalue weighted by Crippen LogP contribution is 2.26. The first-order valence-corrected chi connectivity index (χ1v) is 11.1. The summed E-state index contributed by atoms with van der Waals surface area (Å²) in [5.74, 6) is -0.905. The highest BCUT2D eigenvalue weighted by atomic mass is 16.6. The second-order valence-electron chi connectivity index (χ2n) is 9.38. The summed E-state index contributed by atoms with van der Waals surface area (Å²) >= 11 is 0. The lowest BCUT2D eigenvalue weighted by molar-refractivity contribution is -0.145. The zero-order valence-electron chi connectivity index (χ0n) is 20.6. The van der Waals surface area contributed by atoms with E-state index in [-0.39, 0.29) is 18.0 Å². The minimum atomic E-state index is -1.25. The molecule has 0 spiro atoms. The number of aryl methyl sites for hydroxylation is 1. The van der Waals surface area contributed by atoms with Gasteiger partial charge in [-0.05, 0) is 66.0 Å². The highest BCUT2D eigenvalue weighted by molar-refractivity contribution is 5.92. The van der Waals surface area contributed by atoms with E-state index in [2.05, 4.69) is 10.6 Å². The predicted molar refractivity (Wildman–Crippen MR) is 124 cm³/mol. The Bertz CT molecular complexity index is 769. The molecule has 32 heavy (non-hydrogen) atoms. The Morgan fingerprint density at radius 3 is 2.00 bits per heavy atom. The summed E-state index contributed by atoms with van der Waals surface area (Å²) < 4.78 is 5.22. The van der Waals surface area contributed by atoms with E-state index in [1.54, 1.807) is 34.6 Å². The van der Waals surface area contributed by atoms with Crippen LogP contribution in [0, 0.1) is 0 Å². The minimum Gasteiger partial charge on any atom is -0.444 e. The van der Waals surface area contributed by atoms with Gasteiger partial charge < -0.3 is 25.4 Å². The maximum Gasteiger partial charge on any atom is 0.408 e. The molecule has 0 saturated heterocycles. The number of aliphatic hydroxyl groups excluding tert-OH is 1. The van der Waals surface area contributed by atoms with Crippen LogP contribution in [-0.2, 0) is 20.7 Å². The molecule has 180 valence electrons. The number of carbonyl (C=O) groups excluding carboxylic acids is 3. The van der Waals surface area contributed by atoms with Crippen LogP contribution >= 0.6 is 0 Å². The Balaban J connectivity index is 3.34. The van der Waals surface area contributed by atoms with Gasteiger partial charge in [0.15, 0.2) is 0 Å². The maximum atomic E-state index is 13.5. The number of alkyl carbamates (subject to hydrolysis) is 1. The lowest BCUT2D eigenvalue weighted by Gasteiger charge is -2.37. The van der Waals surface area contributed by atoms with E-state index in [1.807, 2.05) is 45.0 Å². The van der Waals surface area contributed by atoms with Gasteiger partial charge in [0, 0.05) is 12.1 Å². The predicted octanol–water partition coefficient (Wildman–Crippen LogP) is 2.94. The van der Waals surface area contributed by atoms with Crippen molar-refractivity contribution in [3.8, 4) is 0 Å². The molecule has 8 nitrogen and oxygen atoms in total. The van der Waals surface area contributed by atoms with Gasteiger partial charge >= 0.3 is 6.09 Å². The normalized spacial score (nSPS) is 13.5. The first-order valence-electron chi connectivity index (χ1n) is 11.1. The lowest BCUT2D eigenvalue weighted by atomic mass is 9.99. The first-order chi connectivity index (χ1) is 14.8. The van der Waals surface area contributed by atoms with Crippen molar-refractivity contribution >= 4 is 17.9 Å². The van der Waals surface area contributed by atoms with Crippen LogP contribution in [0.4, 0.5) is 4.79 Å². The molecule has 8 heteroatoms. The van der Waals surface area contributed by atoms with Crippen molar-refractivity contribution in [2.24, 2.45) is 0 Å². The van der Waals surface area contributed by atoms with Crippen molar-refractivity contribution in [3.63, 3.8) is 0 Å². The van der Waals surface area contributed by atoms with Gasteiger partial charge in [-0.3, -0.25) is 9.59 Å². The second kappa shape index (κ2) is 11.9. The summed E-state index contributed by atoms with van der Waals surface area (Å²) in [5.41, 5.74) is 1.00. The van der Waals surface area contributed by atoms with E-state index in [4.69, 9.17) is 4.74 Å². The molecule has 1 aromatic carbocycles. The van der Waals surface area contributed by atoms with Gasteiger partial charge in [-0.15, -0.1) is 0 Å². The molecule has 1 rings (SSSR count). The second-order valence-corrected chi connectivity index (χ2v) is 9.38. The van der Waals surface area contributed by atoms with E-state index in [1.165, 1.54) is 4.90 Å².